The number of oxime groups is 1. The van der Waals surface area contributed by atoms with Gasteiger partial charge in [0, 0.05) is 16.5 Å². The maximum Gasteiger partial charge on any atom is 0.0871 e. The quantitative estimate of drug-likeness (QED) is 0.603. The Morgan fingerprint density at radius 3 is 2.42 bits per heavy atom. The molecular weight excluding hydrogens is 258 g/mol. The molecular formula is C16H14ClNO. The molecule has 0 radical (unpaired) electrons. The lowest BCUT2D eigenvalue weighted by molar-refractivity contribution is 0.317. The molecule has 96 valence electrons. The van der Waals surface area contributed by atoms with E-state index in [1.54, 1.807) is 0 Å². The Labute approximate surface area is 117 Å². The van der Waals surface area contributed by atoms with Gasteiger partial charge in [-0.05, 0) is 30.0 Å². The predicted octanol–water partition coefficient (Wildman–Crippen LogP) is 4.44. The van der Waals surface area contributed by atoms with Crippen LogP contribution in [0.4, 0.5) is 0 Å². The van der Waals surface area contributed by atoms with E-state index >= 15 is 0 Å². The molecule has 1 aliphatic rings. The summed E-state index contributed by atoms with van der Waals surface area (Å²) in [6.07, 6.45) is 1.68. The minimum atomic E-state index is 0.274. The number of rotatable bonds is 1. The second kappa shape index (κ2) is 5.06. The third-order valence-corrected chi connectivity index (χ3v) is 4.06. The molecule has 0 saturated heterocycles. The van der Waals surface area contributed by atoms with Gasteiger partial charge in [0.05, 0.1) is 5.71 Å². The molecule has 3 rings (SSSR count). The summed E-state index contributed by atoms with van der Waals surface area (Å²) in [6.45, 7) is 0. The van der Waals surface area contributed by atoms with Crippen LogP contribution in [-0.2, 0) is 0 Å². The summed E-state index contributed by atoms with van der Waals surface area (Å²) in [5, 5.41) is 13.3. The van der Waals surface area contributed by atoms with Gasteiger partial charge in [-0.25, -0.2) is 0 Å². The molecule has 1 unspecified atom stereocenters. The fraction of sp³-hybridized carbons (Fsp3) is 0.188. The molecule has 0 spiro atoms. The van der Waals surface area contributed by atoms with E-state index in [1.165, 1.54) is 5.56 Å². The molecule has 0 bridgehead atoms. The van der Waals surface area contributed by atoms with Crippen LogP contribution in [0.3, 0.4) is 0 Å². The van der Waals surface area contributed by atoms with E-state index in [-0.39, 0.29) is 5.92 Å². The van der Waals surface area contributed by atoms with Crippen molar-refractivity contribution in [1.29, 1.82) is 0 Å². The van der Waals surface area contributed by atoms with Crippen LogP contribution in [0.2, 0.25) is 5.02 Å². The summed E-state index contributed by atoms with van der Waals surface area (Å²) in [7, 11) is 0. The summed E-state index contributed by atoms with van der Waals surface area (Å²) >= 11 is 6.31. The van der Waals surface area contributed by atoms with Crippen molar-refractivity contribution in [2.45, 2.75) is 18.8 Å². The van der Waals surface area contributed by atoms with Crippen LogP contribution in [0.1, 0.15) is 35.4 Å². The first-order valence-electron chi connectivity index (χ1n) is 6.36. The predicted molar refractivity (Wildman–Crippen MR) is 77.3 cm³/mol. The largest absolute Gasteiger partial charge is 0.411 e. The van der Waals surface area contributed by atoms with Gasteiger partial charge in [-0.2, -0.15) is 0 Å². The zero-order valence-electron chi connectivity index (χ0n) is 10.4. The Hall–Kier alpha value is -1.80. The van der Waals surface area contributed by atoms with Crippen LogP contribution in [0.15, 0.2) is 53.7 Å². The Morgan fingerprint density at radius 1 is 1.00 bits per heavy atom. The average Bonchev–Trinajstić information content (AvgIpc) is 2.47. The zero-order valence-corrected chi connectivity index (χ0v) is 11.1. The maximum absolute atomic E-state index is 9.11. The van der Waals surface area contributed by atoms with Gasteiger partial charge >= 0.3 is 0 Å². The molecule has 0 aromatic heterocycles. The lowest BCUT2D eigenvalue weighted by Crippen LogP contribution is -2.17. The Bertz CT molecular complexity index is 636. The summed E-state index contributed by atoms with van der Waals surface area (Å²) in [5.74, 6) is 0.274. The maximum atomic E-state index is 9.11. The van der Waals surface area contributed by atoms with Crippen molar-refractivity contribution in [2.24, 2.45) is 5.16 Å². The lowest BCUT2D eigenvalue weighted by Gasteiger charge is -2.27. The van der Waals surface area contributed by atoms with Crippen LogP contribution >= 0.6 is 11.6 Å². The van der Waals surface area contributed by atoms with Gasteiger partial charge in [0.25, 0.3) is 0 Å². The third kappa shape index (κ3) is 2.13. The molecule has 0 aliphatic heterocycles. The number of benzene rings is 2. The number of nitrogens with zero attached hydrogens (tertiary/aromatic N) is 1. The van der Waals surface area contributed by atoms with E-state index in [9.17, 15) is 0 Å². The Kier molecular flexibility index (Phi) is 3.26. The van der Waals surface area contributed by atoms with Crippen LogP contribution in [0.5, 0.6) is 0 Å². The van der Waals surface area contributed by atoms with Crippen LogP contribution in [0.25, 0.3) is 0 Å². The highest BCUT2D eigenvalue weighted by Gasteiger charge is 2.26. The Morgan fingerprint density at radius 2 is 1.68 bits per heavy atom. The summed E-state index contributed by atoms with van der Waals surface area (Å²) < 4.78 is 0. The van der Waals surface area contributed by atoms with E-state index in [2.05, 4.69) is 17.3 Å². The lowest BCUT2D eigenvalue weighted by atomic mass is 9.78. The molecule has 0 fully saturated rings. The van der Waals surface area contributed by atoms with Gasteiger partial charge < -0.3 is 5.21 Å². The molecule has 19 heavy (non-hydrogen) atoms. The molecule has 0 amide bonds. The molecule has 1 N–H and O–H groups in total. The van der Waals surface area contributed by atoms with Crippen molar-refractivity contribution in [3.8, 4) is 0 Å². The van der Waals surface area contributed by atoms with E-state index < -0.39 is 0 Å². The third-order valence-electron chi connectivity index (χ3n) is 3.72. The van der Waals surface area contributed by atoms with Crippen LogP contribution in [-0.4, -0.2) is 10.9 Å². The first-order valence-corrected chi connectivity index (χ1v) is 6.73. The normalized spacial score (nSPS) is 20.3. The van der Waals surface area contributed by atoms with E-state index in [1.807, 2.05) is 36.4 Å². The van der Waals surface area contributed by atoms with Gasteiger partial charge in [-0.3, -0.25) is 0 Å². The molecule has 2 aromatic rings. The number of halogens is 1. The van der Waals surface area contributed by atoms with Crippen molar-refractivity contribution in [3.05, 3.63) is 70.2 Å². The minimum Gasteiger partial charge on any atom is -0.411 e. The van der Waals surface area contributed by atoms with Crippen molar-refractivity contribution in [2.75, 3.05) is 0 Å². The molecule has 2 aromatic carbocycles. The fourth-order valence-corrected chi connectivity index (χ4v) is 3.09. The Balaban J connectivity index is 2.13. The molecule has 3 heteroatoms. The van der Waals surface area contributed by atoms with Crippen molar-refractivity contribution in [1.82, 2.24) is 0 Å². The van der Waals surface area contributed by atoms with Gasteiger partial charge in [-0.1, -0.05) is 59.2 Å². The topological polar surface area (TPSA) is 32.6 Å². The molecule has 2 nitrogen and oxygen atoms in total. The number of hydrogen-bond acceptors (Lipinski definition) is 2. The molecule has 0 heterocycles. The average molecular weight is 272 g/mol. The monoisotopic (exact) mass is 271 g/mol. The highest BCUT2D eigenvalue weighted by Crippen LogP contribution is 2.39. The summed E-state index contributed by atoms with van der Waals surface area (Å²) in [4.78, 5) is 0. The fourth-order valence-electron chi connectivity index (χ4n) is 2.82. The van der Waals surface area contributed by atoms with Gasteiger partial charge in [0.1, 0.15) is 0 Å². The standard InChI is InChI=1S/C16H14ClNO/c17-15-8-4-3-6-13(15)12-9-10-16(18-19)14-7-2-1-5-11(12)14/h1-8,12,19H,9-10H2. The van der Waals surface area contributed by atoms with Gasteiger partial charge in [-0.15, -0.1) is 0 Å². The smallest absolute Gasteiger partial charge is 0.0871 e. The zero-order chi connectivity index (χ0) is 13.2. The molecule has 0 saturated carbocycles. The summed E-state index contributed by atoms with van der Waals surface area (Å²) in [6, 6.07) is 16.0. The molecule has 1 aliphatic carbocycles. The minimum absolute atomic E-state index is 0.274. The van der Waals surface area contributed by atoms with Crippen molar-refractivity contribution < 1.29 is 5.21 Å². The van der Waals surface area contributed by atoms with E-state index in [0.29, 0.717) is 0 Å². The highest BCUT2D eigenvalue weighted by molar-refractivity contribution is 6.31. The summed E-state index contributed by atoms with van der Waals surface area (Å²) in [5.41, 5.74) is 4.13. The van der Waals surface area contributed by atoms with Crippen LogP contribution < -0.4 is 0 Å². The SMILES string of the molecule is ON=C1CCC(c2ccccc2Cl)c2ccccc21. The first-order chi connectivity index (χ1) is 9.31. The molecule has 1 atom stereocenters. The van der Waals surface area contributed by atoms with Crippen molar-refractivity contribution in [3.63, 3.8) is 0 Å². The number of hydrogen-bond donors (Lipinski definition) is 1. The van der Waals surface area contributed by atoms with Crippen molar-refractivity contribution >= 4 is 17.3 Å². The van der Waals surface area contributed by atoms with E-state index in [0.717, 1.165) is 34.7 Å². The number of fused-ring (bicyclic) bond motifs is 1. The van der Waals surface area contributed by atoms with E-state index in [4.69, 9.17) is 16.8 Å². The van der Waals surface area contributed by atoms with Gasteiger partial charge in [0.2, 0.25) is 0 Å². The highest BCUT2D eigenvalue weighted by atomic mass is 35.5. The second-order valence-electron chi connectivity index (χ2n) is 4.75. The second-order valence-corrected chi connectivity index (χ2v) is 5.15. The first kappa shape index (κ1) is 12.2. The van der Waals surface area contributed by atoms with Gasteiger partial charge in [0.15, 0.2) is 0 Å². The van der Waals surface area contributed by atoms with Crippen LogP contribution in [0, 0.1) is 0 Å².